The van der Waals surface area contributed by atoms with E-state index in [0.717, 1.165) is 39.0 Å². The standard InChI is InChI=1S/C18H32N4O4.2ClH/c1-25-15-18(2-4-19-5-3-18)17(24)22-8-6-21(7-9-22)16(23)14-20-10-12-26-13-11-20;;/h19H,2-15H2,1H3;2*1H. The summed E-state index contributed by atoms with van der Waals surface area (Å²) in [6.45, 7) is 8.15. The van der Waals surface area contributed by atoms with Crippen LogP contribution >= 0.6 is 24.8 Å². The minimum Gasteiger partial charge on any atom is -0.384 e. The number of carbonyl (C=O) groups is 2. The molecule has 10 heteroatoms. The molecular weight excluding hydrogens is 407 g/mol. The Morgan fingerprint density at radius 3 is 2.11 bits per heavy atom. The summed E-state index contributed by atoms with van der Waals surface area (Å²) in [6, 6.07) is 0. The third kappa shape index (κ3) is 6.18. The van der Waals surface area contributed by atoms with Crippen LogP contribution in [0.1, 0.15) is 12.8 Å². The molecule has 0 aromatic rings. The Hall–Kier alpha value is -0.640. The number of ether oxygens (including phenoxy) is 2. The molecule has 164 valence electrons. The highest BCUT2D eigenvalue weighted by molar-refractivity contribution is 5.86. The predicted molar refractivity (Wildman–Crippen MR) is 111 cm³/mol. The van der Waals surface area contributed by atoms with Crippen LogP contribution in [0.5, 0.6) is 0 Å². The maximum atomic E-state index is 13.2. The van der Waals surface area contributed by atoms with Gasteiger partial charge in [-0.2, -0.15) is 0 Å². The molecule has 1 N–H and O–H groups in total. The lowest BCUT2D eigenvalue weighted by atomic mass is 9.78. The predicted octanol–water partition coefficient (Wildman–Crippen LogP) is -0.151. The summed E-state index contributed by atoms with van der Waals surface area (Å²) >= 11 is 0. The first-order chi connectivity index (χ1) is 12.6. The quantitative estimate of drug-likeness (QED) is 0.640. The Kier molecular flexibility index (Phi) is 11.0. The Labute approximate surface area is 180 Å². The van der Waals surface area contributed by atoms with Gasteiger partial charge in [0.1, 0.15) is 0 Å². The molecular formula is C18H34Cl2N4O4. The van der Waals surface area contributed by atoms with E-state index >= 15 is 0 Å². The number of halogens is 2. The first kappa shape index (κ1) is 25.4. The second-order valence-electron chi connectivity index (χ2n) is 7.52. The van der Waals surface area contributed by atoms with Crippen LogP contribution in [0.4, 0.5) is 0 Å². The fraction of sp³-hybridized carbons (Fsp3) is 0.889. The number of piperazine rings is 1. The Bertz CT molecular complexity index is 486. The number of piperidine rings is 1. The zero-order chi connectivity index (χ0) is 18.4. The molecule has 0 aliphatic carbocycles. The topological polar surface area (TPSA) is 74.4 Å². The summed E-state index contributed by atoms with van der Waals surface area (Å²) in [5.41, 5.74) is -0.403. The Morgan fingerprint density at radius 1 is 0.964 bits per heavy atom. The van der Waals surface area contributed by atoms with Gasteiger partial charge in [0.05, 0.1) is 31.8 Å². The molecule has 3 rings (SSSR count). The van der Waals surface area contributed by atoms with Gasteiger partial charge in [0, 0.05) is 46.4 Å². The number of rotatable bonds is 5. The fourth-order valence-electron chi connectivity index (χ4n) is 4.15. The van der Waals surface area contributed by atoms with Crippen LogP contribution in [0.3, 0.4) is 0 Å². The van der Waals surface area contributed by atoms with E-state index in [-0.39, 0.29) is 36.6 Å². The lowest BCUT2D eigenvalue weighted by Crippen LogP contribution is -2.58. The van der Waals surface area contributed by atoms with Gasteiger partial charge in [0.2, 0.25) is 11.8 Å². The highest BCUT2D eigenvalue weighted by atomic mass is 35.5. The van der Waals surface area contributed by atoms with E-state index in [9.17, 15) is 9.59 Å². The van der Waals surface area contributed by atoms with Crippen LogP contribution in [-0.4, -0.2) is 112 Å². The van der Waals surface area contributed by atoms with Crippen molar-refractivity contribution in [3.8, 4) is 0 Å². The van der Waals surface area contributed by atoms with Crippen LogP contribution < -0.4 is 5.32 Å². The first-order valence-electron chi connectivity index (χ1n) is 9.71. The number of hydrogen-bond acceptors (Lipinski definition) is 6. The van der Waals surface area contributed by atoms with Gasteiger partial charge in [-0.25, -0.2) is 0 Å². The molecule has 2 amide bonds. The number of methoxy groups -OCH3 is 1. The van der Waals surface area contributed by atoms with Crippen LogP contribution in [0.2, 0.25) is 0 Å². The van der Waals surface area contributed by atoms with Crippen LogP contribution in [0.15, 0.2) is 0 Å². The van der Waals surface area contributed by atoms with E-state index in [1.807, 2.05) is 9.80 Å². The Balaban J connectivity index is 0.00000196. The Morgan fingerprint density at radius 2 is 1.54 bits per heavy atom. The van der Waals surface area contributed by atoms with Crippen LogP contribution in [0, 0.1) is 5.41 Å². The van der Waals surface area contributed by atoms with Gasteiger partial charge in [-0.05, 0) is 25.9 Å². The van der Waals surface area contributed by atoms with Gasteiger partial charge in [0.25, 0.3) is 0 Å². The van der Waals surface area contributed by atoms with E-state index in [2.05, 4.69) is 10.2 Å². The summed E-state index contributed by atoms with van der Waals surface area (Å²) in [4.78, 5) is 31.6. The monoisotopic (exact) mass is 440 g/mol. The summed E-state index contributed by atoms with van der Waals surface area (Å²) in [5.74, 6) is 0.355. The third-order valence-corrected chi connectivity index (χ3v) is 5.82. The zero-order valence-electron chi connectivity index (χ0n) is 16.7. The van der Waals surface area contributed by atoms with E-state index in [1.54, 1.807) is 7.11 Å². The summed E-state index contributed by atoms with van der Waals surface area (Å²) < 4.78 is 10.7. The van der Waals surface area contributed by atoms with E-state index < -0.39 is 5.41 Å². The molecule has 0 spiro atoms. The molecule has 8 nitrogen and oxygen atoms in total. The zero-order valence-corrected chi connectivity index (χ0v) is 18.3. The molecule has 0 bridgehead atoms. The van der Waals surface area contributed by atoms with Crippen molar-refractivity contribution >= 4 is 36.6 Å². The highest BCUT2D eigenvalue weighted by Gasteiger charge is 2.43. The molecule has 0 atom stereocenters. The smallest absolute Gasteiger partial charge is 0.236 e. The molecule has 28 heavy (non-hydrogen) atoms. The fourth-order valence-corrected chi connectivity index (χ4v) is 4.15. The van der Waals surface area contributed by atoms with Crippen molar-refractivity contribution in [2.45, 2.75) is 12.8 Å². The van der Waals surface area contributed by atoms with Gasteiger partial charge in [-0.1, -0.05) is 0 Å². The van der Waals surface area contributed by atoms with Crippen molar-refractivity contribution in [1.82, 2.24) is 20.0 Å². The van der Waals surface area contributed by atoms with E-state index in [0.29, 0.717) is 52.5 Å². The molecule has 3 saturated heterocycles. The van der Waals surface area contributed by atoms with Crippen molar-refractivity contribution < 1.29 is 19.1 Å². The average molecular weight is 441 g/mol. The number of amides is 2. The number of carbonyl (C=O) groups excluding carboxylic acids is 2. The molecule has 0 radical (unpaired) electrons. The number of nitrogens with zero attached hydrogens (tertiary/aromatic N) is 3. The molecule has 3 heterocycles. The number of morpholine rings is 1. The van der Waals surface area contributed by atoms with E-state index in [1.165, 1.54) is 0 Å². The van der Waals surface area contributed by atoms with Gasteiger partial charge >= 0.3 is 0 Å². The third-order valence-electron chi connectivity index (χ3n) is 5.82. The lowest BCUT2D eigenvalue weighted by molar-refractivity contribution is -0.152. The molecule has 0 aromatic carbocycles. The van der Waals surface area contributed by atoms with Crippen LogP contribution in [0.25, 0.3) is 0 Å². The van der Waals surface area contributed by atoms with Gasteiger partial charge in [-0.15, -0.1) is 24.8 Å². The molecule has 3 fully saturated rings. The molecule has 3 aliphatic rings. The molecule has 0 aromatic heterocycles. The summed E-state index contributed by atoms with van der Waals surface area (Å²) in [7, 11) is 1.67. The van der Waals surface area contributed by atoms with Crippen molar-refractivity contribution in [2.24, 2.45) is 5.41 Å². The average Bonchev–Trinajstić information content (AvgIpc) is 2.69. The number of nitrogens with one attached hydrogen (secondary N) is 1. The van der Waals surface area contributed by atoms with Gasteiger partial charge < -0.3 is 24.6 Å². The highest BCUT2D eigenvalue weighted by Crippen LogP contribution is 2.32. The van der Waals surface area contributed by atoms with Crippen molar-refractivity contribution in [2.75, 3.05) is 85.8 Å². The molecule has 3 aliphatic heterocycles. The number of hydrogen-bond donors (Lipinski definition) is 1. The minimum absolute atomic E-state index is 0. The minimum atomic E-state index is -0.403. The van der Waals surface area contributed by atoms with Gasteiger partial charge in [0.15, 0.2) is 0 Å². The first-order valence-corrected chi connectivity index (χ1v) is 9.71. The van der Waals surface area contributed by atoms with Crippen molar-refractivity contribution in [3.63, 3.8) is 0 Å². The normalized spacial score (nSPS) is 22.8. The molecule has 0 saturated carbocycles. The maximum Gasteiger partial charge on any atom is 0.236 e. The summed E-state index contributed by atoms with van der Waals surface area (Å²) in [5, 5.41) is 3.32. The van der Waals surface area contributed by atoms with Gasteiger partial charge in [-0.3, -0.25) is 14.5 Å². The van der Waals surface area contributed by atoms with Crippen molar-refractivity contribution in [3.05, 3.63) is 0 Å². The largest absolute Gasteiger partial charge is 0.384 e. The SMILES string of the molecule is COCC1(C(=O)N2CCN(C(=O)CN3CCOCC3)CC2)CCNCC1.Cl.Cl. The van der Waals surface area contributed by atoms with E-state index in [4.69, 9.17) is 9.47 Å². The lowest BCUT2D eigenvalue weighted by Gasteiger charge is -2.43. The second-order valence-corrected chi connectivity index (χ2v) is 7.52. The maximum absolute atomic E-state index is 13.2. The van der Waals surface area contributed by atoms with Crippen molar-refractivity contribution in [1.29, 1.82) is 0 Å². The molecule has 0 unspecified atom stereocenters. The van der Waals surface area contributed by atoms with Crippen LogP contribution in [-0.2, 0) is 19.1 Å². The second kappa shape index (κ2) is 12.1. The summed E-state index contributed by atoms with van der Waals surface area (Å²) in [6.07, 6.45) is 1.63.